The molecule has 0 aliphatic carbocycles. The fourth-order valence-corrected chi connectivity index (χ4v) is 2.06. The zero-order valence-corrected chi connectivity index (χ0v) is 11.8. The van der Waals surface area contributed by atoms with Gasteiger partial charge in [0.1, 0.15) is 11.8 Å². The molecule has 0 unspecified atom stereocenters. The van der Waals surface area contributed by atoms with E-state index in [0.717, 1.165) is 11.3 Å². The number of hydrogen-bond acceptors (Lipinski definition) is 3. The lowest BCUT2D eigenvalue weighted by Crippen LogP contribution is -2.13. The summed E-state index contributed by atoms with van der Waals surface area (Å²) < 4.78 is 5.26. The van der Waals surface area contributed by atoms with Crippen LogP contribution in [0.25, 0.3) is 0 Å². The quantitative estimate of drug-likeness (QED) is 0.915. The number of amides is 1. The van der Waals surface area contributed by atoms with Gasteiger partial charge < -0.3 is 10.1 Å². The van der Waals surface area contributed by atoms with Gasteiger partial charge in [0, 0.05) is 6.42 Å². The minimum Gasteiger partial charge on any atom is -0.496 e. The Balaban J connectivity index is 1.98. The van der Waals surface area contributed by atoms with Crippen LogP contribution in [-0.2, 0) is 11.2 Å². The third-order valence-electron chi connectivity index (χ3n) is 3.14. The first-order valence-corrected chi connectivity index (χ1v) is 6.65. The van der Waals surface area contributed by atoms with E-state index in [1.165, 1.54) is 0 Å². The number of para-hydroxylation sites is 2. The molecule has 0 fully saturated rings. The zero-order chi connectivity index (χ0) is 15.1. The Morgan fingerprint density at radius 1 is 1.19 bits per heavy atom. The van der Waals surface area contributed by atoms with Gasteiger partial charge in [0.15, 0.2) is 0 Å². The molecule has 0 aliphatic rings. The average molecular weight is 280 g/mol. The SMILES string of the molecule is COc1ccccc1CCC(=O)Nc1ccccc1C#N. The highest BCUT2D eigenvalue weighted by molar-refractivity contribution is 5.92. The van der Waals surface area contributed by atoms with Crippen LogP contribution in [0.3, 0.4) is 0 Å². The topological polar surface area (TPSA) is 62.1 Å². The van der Waals surface area contributed by atoms with Crippen molar-refractivity contribution >= 4 is 11.6 Å². The van der Waals surface area contributed by atoms with Crippen LogP contribution in [0.15, 0.2) is 48.5 Å². The molecule has 0 saturated carbocycles. The van der Waals surface area contributed by atoms with E-state index in [1.54, 1.807) is 31.4 Å². The molecule has 21 heavy (non-hydrogen) atoms. The maximum absolute atomic E-state index is 12.0. The van der Waals surface area contributed by atoms with Crippen molar-refractivity contribution in [2.75, 3.05) is 12.4 Å². The summed E-state index contributed by atoms with van der Waals surface area (Å²) in [6.45, 7) is 0. The summed E-state index contributed by atoms with van der Waals surface area (Å²) in [6, 6.07) is 16.6. The van der Waals surface area contributed by atoms with Gasteiger partial charge in [0.2, 0.25) is 5.91 Å². The van der Waals surface area contributed by atoms with Crippen LogP contribution in [0.1, 0.15) is 17.5 Å². The van der Waals surface area contributed by atoms with Gasteiger partial charge in [-0.05, 0) is 30.2 Å². The second-order valence-electron chi connectivity index (χ2n) is 4.52. The lowest BCUT2D eigenvalue weighted by atomic mass is 10.1. The molecule has 0 radical (unpaired) electrons. The molecule has 0 atom stereocenters. The van der Waals surface area contributed by atoms with Crippen LogP contribution in [0.2, 0.25) is 0 Å². The number of anilines is 1. The Morgan fingerprint density at radius 3 is 2.67 bits per heavy atom. The molecular formula is C17H16N2O2. The molecule has 0 aromatic heterocycles. The van der Waals surface area contributed by atoms with Gasteiger partial charge in [-0.15, -0.1) is 0 Å². The molecule has 2 rings (SSSR count). The predicted octanol–water partition coefficient (Wildman–Crippen LogP) is 3.14. The van der Waals surface area contributed by atoms with Crippen molar-refractivity contribution in [3.63, 3.8) is 0 Å². The third-order valence-corrected chi connectivity index (χ3v) is 3.14. The van der Waals surface area contributed by atoms with Crippen LogP contribution < -0.4 is 10.1 Å². The van der Waals surface area contributed by atoms with Crippen molar-refractivity contribution in [2.45, 2.75) is 12.8 Å². The van der Waals surface area contributed by atoms with E-state index in [2.05, 4.69) is 11.4 Å². The lowest BCUT2D eigenvalue weighted by molar-refractivity contribution is -0.116. The standard InChI is InChI=1S/C17H16N2O2/c1-21-16-9-5-3-6-13(16)10-11-17(20)19-15-8-4-2-7-14(15)12-18/h2-9H,10-11H2,1H3,(H,19,20). The average Bonchev–Trinajstić information content (AvgIpc) is 2.53. The van der Waals surface area contributed by atoms with Crippen LogP contribution in [-0.4, -0.2) is 13.0 Å². The van der Waals surface area contributed by atoms with Gasteiger partial charge in [-0.2, -0.15) is 5.26 Å². The number of carbonyl (C=O) groups excluding carboxylic acids is 1. The number of aryl methyl sites for hydroxylation is 1. The number of rotatable bonds is 5. The number of benzene rings is 2. The lowest BCUT2D eigenvalue weighted by Gasteiger charge is -2.09. The van der Waals surface area contributed by atoms with Crippen LogP contribution in [0, 0.1) is 11.3 Å². The van der Waals surface area contributed by atoms with E-state index in [9.17, 15) is 4.79 Å². The van der Waals surface area contributed by atoms with Crippen LogP contribution in [0.5, 0.6) is 5.75 Å². The van der Waals surface area contributed by atoms with E-state index in [-0.39, 0.29) is 5.91 Å². The maximum atomic E-state index is 12.0. The van der Waals surface area contributed by atoms with Gasteiger partial charge in [-0.1, -0.05) is 30.3 Å². The summed E-state index contributed by atoms with van der Waals surface area (Å²) >= 11 is 0. The maximum Gasteiger partial charge on any atom is 0.224 e. The number of nitriles is 1. The summed E-state index contributed by atoms with van der Waals surface area (Å²) in [7, 11) is 1.61. The predicted molar refractivity (Wildman–Crippen MR) is 81.1 cm³/mol. The number of carbonyl (C=O) groups is 1. The zero-order valence-electron chi connectivity index (χ0n) is 11.8. The van der Waals surface area contributed by atoms with E-state index >= 15 is 0 Å². The molecule has 4 heteroatoms. The van der Waals surface area contributed by atoms with Gasteiger partial charge in [0.25, 0.3) is 0 Å². The summed E-state index contributed by atoms with van der Waals surface area (Å²) in [5.74, 6) is 0.659. The fraction of sp³-hybridized carbons (Fsp3) is 0.176. The molecule has 2 aromatic carbocycles. The number of methoxy groups -OCH3 is 1. The van der Waals surface area contributed by atoms with Crippen molar-refractivity contribution in [1.82, 2.24) is 0 Å². The summed E-state index contributed by atoms with van der Waals surface area (Å²) in [4.78, 5) is 12.0. The molecule has 0 saturated heterocycles. The fourth-order valence-electron chi connectivity index (χ4n) is 2.06. The van der Waals surface area contributed by atoms with Crippen molar-refractivity contribution in [1.29, 1.82) is 5.26 Å². The third kappa shape index (κ3) is 3.83. The minimum atomic E-state index is -0.122. The molecule has 2 aromatic rings. The minimum absolute atomic E-state index is 0.122. The molecule has 4 nitrogen and oxygen atoms in total. The van der Waals surface area contributed by atoms with Crippen molar-refractivity contribution in [3.8, 4) is 11.8 Å². The number of nitrogens with zero attached hydrogens (tertiary/aromatic N) is 1. The van der Waals surface area contributed by atoms with Crippen molar-refractivity contribution in [3.05, 3.63) is 59.7 Å². The van der Waals surface area contributed by atoms with Crippen molar-refractivity contribution < 1.29 is 9.53 Å². The van der Waals surface area contributed by atoms with Crippen molar-refractivity contribution in [2.24, 2.45) is 0 Å². The van der Waals surface area contributed by atoms with Gasteiger partial charge >= 0.3 is 0 Å². The summed E-state index contributed by atoms with van der Waals surface area (Å²) in [5, 5.41) is 11.8. The first-order chi connectivity index (χ1) is 10.2. The van der Waals surface area contributed by atoms with Crippen LogP contribution >= 0.6 is 0 Å². The van der Waals surface area contributed by atoms with Crippen LogP contribution in [0.4, 0.5) is 5.69 Å². The van der Waals surface area contributed by atoms with Gasteiger partial charge in [0.05, 0.1) is 18.4 Å². The highest BCUT2D eigenvalue weighted by Gasteiger charge is 2.08. The molecular weight excluding hydrogens is 264 g/mol. The number of hydrogen-bond donors (Lipinski definition) is 1. The van der Waals surface area contributed by atoms with E-state index in [1.807, 2.05) is 24.3 Å². The number of ether oxygens (including phenoxy) is 1. The highest BCUT2D eigenvalue weighted by atomic mass is 16.5. The van der Waals surface area contributed by atoms with Gasteiger partial charge in [-0.3, -0.25) is 4.79 Å². The first kappa shape index (κ1) is 14.6. The molecule has 0 aliphatic heterocycles. The summed E-state index contributed by atoms with van der Waals surface area (Å²) in [6.07, 6.45) is 0.921. The Kier molecular flexibility index (Phi) is 4.94. The largest absolute Gasteiger partial charge is 0.496 e. The Labute approximate surface area is 124 Å². The Bertz CT molecular complexity index is 674. The molecule has 0 heterocycles. The Hall–Kier alpha value is -2.80. The molecule has 0 bridgehead atoms. The number of nitrogens with one attached hydrogen (secondary N) is 1. The Morgan fingerprint density at radius 2 is 1.90 bits per heavy atom. The second kappa shape index (κ2) is 7.11. The molecule has 1 amide bonds. The normalized spacial score (nSPS) is 9.71. The molecule has 0 spiro atoms. The molecule has 1 N–H and O–H groups in total. The highest BCUT2D eigenvalue weighted by Crippen LogP contribution is 2.19. The smallest absolute Gasteiger partial charge is 0.224 e. The molecule has 106 valence electrons. The van der Waals surface area contributed by atoms with E-state index < -0.39 is 0 Å². The monoisotopic (exact) mass is 280 g/mol. The van der Waals surface area contributed by atoms with Gasteiger partial charge in [-0.25, -0.2) is 0 Å². The van der Waals surface area contributed by atoms with E-state index in [4.69, 9.17) is 10.00 Å². The first-order valence-electron chi connectivity index (χ1n) is 6.65. The second-order valence-corrected chi connectivity index (χ2v) is 4.52. The van der Waals surface area contributed by atoms with E-state index in [0.29, 0.717) is 24.1 Å². The summed E-state index contributed by atoms with van der Waals surface area (Å²) in [5.41, 5.74) is 2.00.